The van der Waals surface area contributed by atoms with Crippen molar-refractivity contribution in [3.05, 3.63) is 33.9 Å². The maximum absolute atomic E-state index is 12.0. The molecule has 0 saturated heterocycles. The zero-order chi connectivity index (χ0) is 15.5. The molecule has 21 heavy (non-hydrogen) atoms. The van der Waals surface area contributed by atoms with Gasteiger partial charge in [-0.2, -0.15) is 0 Å². The molecule has 1 fully saturated rings. The third kappa shape index (κ3) is 3.69. The summed E-state index contributed by atoms with van der Waals surface area (Å²) in [6, 6.07) is 3.92. The van der Waals surface area contributed by atoms with Crippen LogP contribution in [0.2, 0.25) is 0 Å². The lowest BCUT2D eigenvalue weighted by Gasteiger charge is -2.32. The van der Waals surface area contributed by atoms with Crippen LogP contribution in [0.25, 0.3) is 0 Å². The SMILES string of the molecule is Nc1ccc(C(=O)NCC2(O)CCCCC2)cc1[N+](=O)[O-]. The number of nitrogens with zero attached hydrogens (tertiary/aromatic N) is 1. The molecule has 1 aromatic rings. The average molecular weight is 293 g/mol. The fraction of sp³-hybridized carbons (Fsp3) is 0.500. The van der Waals surface area contributed by atoms with E-state index in [9.17, 15) is 20.0 Å². The number of hydrogen-bond acceptors (Lipinski definition) is 5. The van der Waals surface area contributed by atoms with Crippen LogP contribution in [0.1, 0.15) is 42.5 Å². The third-order valence-corrected chi connectivity index (χ3v) is 3.85. The molecule has 2 rings (SSSR count). The number of hydrogen-bond donors (Lipinski definition) is 3. The molecule has 114 valence electrons. The largest absolute Gasteiger partial charge is 0.393 e. The van der Waals surface area contributed by atoms with Crippen LogP contribution in [0.15, 0.2) is 18.2 Å². The van der Waals surface area contributed by atoms with Crippen LogP contribution < -0.4 is 11.1 Å². The molecule has 1 aromatic carbocycles. The summed E-state index contributed by atoms with van der Waals surface area (Å²) in [5, 5.41) is 23.8. The summed E-state index contributed by atoms with van der Waals surface area (Å²) in [5.74, 6) is -0.447. The van der Waals surface area contributed by atoms with Crippen LogP contribution in [0, 0.1) is 10.1 Å². The number of benzene rings is 1. The Balaban J connectivity index is 2.03. The molecule has 7 heteroatoms. The molecular weight excluding hydrogens is 274 g/mol. The van der Waals surface area contributed by atoms with Crippen molar-refractivity contribution in [2.24, 2.45) is 0 Å². The summed E-state index contributed by atoms with van der Waals surface area (Å²) in [7, 11) is 0. The number of nitrogens with two attached hydrogens (primary N) is 1. The molecule has 1 aliphatic carbocycles. The quantitative estimate of drug-likeness (QED) is 0.442. The first-order chi connectivity index (χ1) is 9.91. The topological polar surface area (TPSA) is 118 Å². The summed E-state index contributed by atoms with van der Waals surface area (Å²) in [5.41, 5.74) is 4.51. The number of carbonyl (C=O) groups is 1. The van der Waals surface area contributed by atoms with Crippen LogP contribution in [0.5, 0.6) is 0 Å². The second kappa shape index (κ2) is 6.09. The number of nitro benzene ring substituents is 1. The van der Waals surface area contributed by atoms with E-state index in [0.717, 1.165) is 25.3 Å². The van der Waals surface area contributed by atoms with Gasteiger partial charge in [0.1, 0.15) is 5.69 Å². The molecular formula is C14H19N3O4. The molecule has 0 aliphatic heterocycles. The monoisotopic (exact) mass is 293 g/mol. The highest BCUT2D eigenvalue weighted by Gasteiger charge is 2.29. The van der Waals surface area contributed by atoms with Gasteiger partial charge in [-0.25, -0.2) is 0 Å². The summed E-state index contributed by atoms with van der Waals surface area (Å²) < 4.78 is 0. The van der Waals surface area contributed by atoms with Crippen molar-refractivity contribution in [2.75, 3.05) is 12.3 Å². The molecule has 4 N–H and O–H groups in total. The van der Waals surface area contributed by atoms with Gasteiger partial charge in [-0.05, 0) is 25.0 Å². The van der Waals surface area contributed by atoms with E-state index < -0.39 is 16.4 Å². The Morgan fingerprint density at radius 1 is 1.38 bits per heavy atom. The van der Waals surface area contributed by atoms with Gasteiger partial charge in [-0.3, -0.25) is 14.9 Å². The van der Waals surface area contributed by atoms with E-state index >= 15 is 0 Å². The van der Waals surface area contributed by atoms with E-state index in [2.05, 4.69) is 5.32 Å². The molecule has 0 aromatic heterocycles. The lowest BCUT2D eigenvalue weighted by Crippen LogP contribution is -2.44. The average Bonchev–Trinajstić information content (AvgIpc) is 2.46. The Hall–Kier alpha value is -2.15. The van der Waals surface area contributed by atoms with Crippen molar-refractivity contribution in [3.8, 4) is 0 Å². The van der Waals surface area contributed by atoms with Crippen LogP contribution in [-0.2, 0) is 0 Å². The van der Waals surface area contributed by atoms with Crippen molar-refractivity contribution in [3.63, 3.8) is 0 Å². The van der Waals surface area contributed by atoms with Crippen LogP contribution >= 0.6 is 0 Å². The highest BCUT2D eigenvalue weighted by Crippen LogP contribution is 2.27. The number of nitrogens with one attached hydrogen (secondary N) is 1. The van der Waals surface area contributed by atoms with Crippen molar-refractivity contribution in [1.82, 2.24) is 5.32 Å². The number of carbonyl (C=O) groups excluding carboxylic acids is 1. The lowest BCUT2D eigenvalue weighted by atomic mass is 9.85. The third-order valence-electron chi connectivity index (χ3n) is 3.85. The first-order valence-corrected chi connectivity index (χ1v) is 6.96. The number of amides is 1. The lowest BCUT2D eigenvalue weighted by molar-refractivity contribution is -0.383. The molecule has 1 aliphatic rings. The molecule has 1 saturated carbocycles. The van der Waals surface area contributed by atoms with Gasteiger partial charge in [0.25, 0.3) is 11.6 Å². The van der Waals surface area contributed by atoms with Crippen LogP contribution in [-0.4, -0.2) is 28.1 Å². The summed E-state index contributed by atoms with van der Waals surface area (Å²) >= 11 is 0. The van der Waals surface area contributed by atoms with E-state index in [4.69, 9.17) is 5.73 Å². The van der Waals surface area contributed by atoms with Crippen molar-refractivity contribution < 1.29 is 14.8 Å². The van der Waals surface area contributed by atoms with Gasteiger partial charge in [0.15, 0.2) is 0 Å². The number of rotatable bonds is 4. The first-order valence-electron chi connectivity index (χ1n) is 6.96. The molecule has 0 heterocycles. The van der Waals surface area contributed by atoms with E-state index in [1.54, 1.807) is 0 Å². The molecule has 0 radical (unpaired) electrons. The van der Waals surface area contributed by atoms with Crippen molar-refractivity contribution in [2.45, 2.75) is 37.7 Å². The minimum atomic E-state index is -0.867. The zero-order valence-electron chi connectivity index (χ0n) is 11.7. The Bertz CT molecular complexity index is 553. The highest BCUT2D eigenvalue weighted by atomic mass is 16.6. The Morgan fingerprint density at radius 3 is 2.67 bits per heavy atom. The Morgan fingerprint density at radius 2 is 2.05 bits per heavy atom. The van der Waals surface area contributed by atoms with Gasteiger partial charge in [0, 0.05) is 18.2 Å². The molecule has 1 amide bonds. The molecule has 0 atom stereocenters. The highest BCUT2D eigenvalue weighted by molar-refractivity contribution is 5.95. The molecule has 7 nitrogen and oxygen atoms in total. The van der Waals surface area contributed by atoms with Gasteiger partial charge < -0.3 is 16.2 Å². The normalized spacial score (nSPS) is 17.2. The summed E-state index contributed by atoms with van der Waals surface area (Å²) in [6.45, 7) is 0.157. The van der Waals surface area contributed by atoms with E-state index in [1.807, 2.05) is 0 Å². The maximum atomic E-state index is 12.0. The first kappa shape index (κ1) is 15.2. The second-order valence-electron chi connectivity index (χ2n) is 5.50. The number of anilines is 1. The number of aliphatic hydroxyl groups is 1. The summed E-state index contributed by atoms with van der Waals surface area (Å²) in [6.07, 6.45) is 4.31. The fourth-order valence-electron chi connectivity index (χ4n) is 2.58. The van der Waals surface area contributed by atoms with E-state index in [0.29, 0.717) is 12.8 Å². The number of nitro groups is 1. The predicted octanol–water partition coefficient (Wildman–Crippen LogP) is 1.60. The van der Waals surface area contributed by atoms with E-state index in [1.165, 1.54) is 12.1 Å². The number of nitrogen functional groups attached to an aromatic ring is 1. The smallest absolute Gasteiger partial charge is 0.292 e. The molecule has 0 unspecified atom stereocenters. The maximum Gasteiger partial charge on any atom is 0.292 e. The van der Waals surface area contributed by atoms with Crippen LogP contribution in [0.3, 0.4) is 0 Å². The van der Waals surface area contributed by atoms with Gasteiger partial charge >= 0.3 is 0 Å². The zero-order valence-corrected chi connectivity index (χ0v) is 11.7. The van der Waals surface area contributed by atoms with Gasteiger partial charge in [-0.1, -0.05) is 19.3 Å². The summed E-state index contributed by atoms with van der Waals surface area (Å²) in [4.78, 5) is 22.2. The standard InChI is InChI=1S/C14H19N3O4/c15-11-5-4-10(8-12(11)17(20)21)13(18)16-9-14(19)6-2-1-3-7-14/h4-5,8,19H,1-3,6-7,9,15H2,(H,16,18). The van der Waals surface area contributed by atoms with E-state index in [-0.39, 0.29) is 23.5 Å². The van der Waals surface area contributed by atoms with Gasteiger partial charge in [0.2, 0.25) is 0 Å². The minimum Gasteiger partial charge on any atom is -0.393 e. The Labute approximate surface area is 122 Å². The van der Waals surface area contributed by atoms with Gasteiger partial charge in [-0.15, -0.1) is 0 Å². The minimum absolute atomic E-state index is 0.0162. The molecule has 0 bridgehead atoms. The second-order valence-corrected chi connectivity index (χ2v) is 5.50. The molecule has 0 spiro atoms. The fourth-order valence-corrected chi connectivity index (χ4v) is 2.58. The van der Waals surface area contributed by atoms with Crippen molar-refractivity contribution >= 4 is 17.3 Å². The van der Waals surface area contributed by atoms with Crippen molar-refractivity contribution in [1.29, 1.82) is 0 Å². The predicted molar refractivity (Wildman–Crippen MR) is 77.9 cm³/mol. The van der Waals surface area contributed by atoms with Gasteiger partial charge in [0.05, 0.1) is 10.5 Å². The van der Waals surface area contributed by atoms with Crippen LogP contribution in [0.4, 0.5) is 11.4 Å². The Kier molecular flexibility index (Phi) is 4.42.